The fourth-order valence-corrected chi connectivity index (χ4v) is 1.72. The highest BCUT2D eigenvalue weighted by Crippen LogP contribution is 2.30. The zero-order valence-electron chi connectivity index (χ0n) is 8.15. The first kappa shape index (κ1) is 8.81. The molecule has 0 aliphatic carbocycles. The smallest absolute Gasteiger partial charge is 0.258 e. The van der Waals surface area contributed by atoms with Crippen molar-refractivity contribution >= 4 is 10.9 Å². The number of pyridine rings is 1. The molecule has 2 N–H and O–H groups in total. The van der Waals surface area contributed by atoms with Gasteiger partial charge in [0, 0.05) is 5.56 Å². The lowest BCUT2D eigenvalue weighted by Gasteiger charge is -2.02. The minimum Gasteiger partial charge on any atom is -0.504 e. The van der Waals surface area contributed by atoms with E-state index in [1.54, 1.807) is 10.6 Å². The van der Waals surface area contributed by atoms with Crippen LogP contribution in [0.5, 0.6) is 11.5 Å². The molecule has 0 bridgehead atoms. The predicted molar refractivity (Wildman–Crippen MR) is 53.2 cm³/mol. The summed E-state index contributed by atoms with van der Waals surface area (Å²) in [5.74, 6) is -0.151. The molecule has 0 fully saturated rings. The van der Waals surface area contributed by atoms with Crippen molar-refractivity contribution in [1.29, 1.82) is 0 Å². The largest absolute Gasteiger partial charge is 0.504 e. The summed E-state index contributed by atoms with van der Waals surface area (Å²) in [7, 11) is 1.84. The van der Waals surface area contributed by atoms with Crippen LogP contribution in [0, 0.1) is 6.92 Å². The fraction of sp³-hybridized carbons (Fsp3) is 0.182. The van der Waals surface area contributed by atoms with Gasteiger partial charge >= 0.3 is 0 Å². The fourth-order valence-electron chi connectivity index (χ4n) is 1.72. The van der Waals surface area contributed by atoms with Crippen molar-refractivity contribution in [1.82, 2.24) is 0 Å². The van der Waals surface area contributed by atoms with Gasteiger partial charge in [-0.25, -0.2) is 0 Å². The normalized spacial score (nSPS) is 10.7. The number of phenolic OH excluding ortho intramolecular Hbond substituents is 2. The Labute approximate surface area is 81.9 Å². The van der Waals surface area contributed by atoms with Crippen molar-refractivity contribution in [2.75, 3.05) is 0 Å². The van der Waals surface area contributed by atoms with Gasteiger partial charge in [0.15, 0.2) is 11.9 Å². The van der Waals surface area contributed by atoms with Crippen LogP contribution in [0.15, 0.2) is 24.4 Å². The van der Waals surface area contributed by atoms with Gasteiger partial charge in [-0.15, -0.1) is 0 Å². The number of aromatic hydroxyl groups is 2. The van der Waals surface area contributed by atoms with E-state index in [9.17, 15) is 10.2 Å². The Morgan fingerprint density at radius 3 is 2.64 bits per heavy atom. The van der Waals surface area contributed by atoms with Crippen molar-refractivity contribution < 1.29 is 14.8 Å². The number of aromatic nitrogens is 1. The summed E-state index contributed by atoms with van der Waals surface area (Å²) in [6.45, 7) is 1.99. The standard InChI is InChI=1S/C11H11NO2/c1-7-5-8-3-4-9(13)11(14)10(8)12(2)6-7/h3-6,14H,1-2H3/p+1. The molecule has 1 heterocycles. The van der Waals surface area contributed by atoms with Crippen LogP contribution in [0.4, 0.5) is 0 Å². The summed E-state index contributed by atoms with van der Waals surface area (Å²) < 4.78 is 1.81. The molecule has 0 amide bonds. The molecule has 0 atom stereocenters. The summed E-state index contributed by atoms with van der Waals surface area (Å²) in [4.78, 5) is 0. The Bertz CT molecular complexity index is 506. The average Bonchev–Trinajstić information content (AvgIpc) is 2.10. The molecule has 0 aliphatic heterocycles. The molecule has 2 aromatic rings. The maximum Gasteiger partial charge on any atom is 0.258 e. The molecular weight excluding hydrogens is 178 g/mol. The van der Waals surface area contributed by atoms with E-state index in [0.717, 1.165) is 10.9 Å². The highest BCUT2D eigenvalue weighted by atomic mass is 16.3. The Hall–Kier alpha value is -1.77. The quantitative estimate of drug-likeness (QED) is 0.487. The molecular formula is C11H12NO2+. The molecule has 14 heavy (non-hydrogen) atoms. The topological polar surface area (TPSA) is 44.3 Å². The van der Waals surface area contributed by atoms with E-state index in [4.69, 9.17) is 0 Å². The van der Waals surface area contributed by atoms with Gasteiger partial charge in [-0.1, -0.05) is 0 Å². The third-order valence-electron chi connectivity index (χ3n) is 2.29. The van der Waals surface area contributed by atoms with Crippen LogP contribution < -0.4 is 4.57 Å². The van der Waals surface area contributed by atoms with Crippen molar-refractivity contribution in [3.63, 3.8) is 0 Å². The van der Waals surface area contributed by atoms with E-state index in [2.05, 4.69) is 0 Å². The lowest BCUT2D eigenvalue weighted by atomic mass is 10.1. The molecule has 0 spiro atoms. The second-order valence-corrected chi connectivity index (χ2v) is 3.50. The number of nitrogens with zero attached hydrogens (tertiary/aromatic N) is 1. The minimum absolute atomic E-state index is 0.0648. The third-order valence-corrected chi connectivity index (χ3v) is 2.29. The van der Waals surface area contributed by atoms with Crippen molar-refractivity contribution in [2.45, 2.75) is 6.92 Å². The molecule has 0 saturated heterocycles. The lowest BCUT2D eigenvalue weighted by Crippen LogP contribution is -2.28. The number of benzene rings is 1. The minimum atomic E-state index is -0.0862. The SMILES string of the molecule is Cc1cc2ccc(O)c(O)c2[n+](C)c1. The van der Waals surface area contributed by atoms with Crippen LogP contribution in [0.25, 0.3) is 10.9 Å². The summed E-state index contributed by atoms with van der Waals surface area (Å²) >= 11 is 0. The monoisotopic (exact) mass is 190 g/mol. The maximum absolute atomic E-state index is 9.66. The molecule has 72 valence electrons. The second-order valence-electron chi connectivity index (χ2n) is 3.50. The van der Waals surface area contributed by atoms with E-state index >= 15 is 0 Å². The number of fused-ring (bicyclic) bond motifs is 1. The molecule has 0 saturated carbocycles. The Morgan fingerprint density at radius 1 is 1.21 bits per heavy atom. The molecule has 0 unspecified atom stereocenters. The van der Waals surface area contributed by atoms with Crippen molar-refractivity contribution in [3.05, 3.63) is 30.0 Å². The Kier molecular flexibility index (Phi) is 1.81. The highest BCUT2D eigenvalue weighted by Gasteiger charge is 2.14. The summed E-state index contributed by atoms with van der Waals surface area (Å²) in [6, 6.07) is 5.25. The molecule has 3 heteroatoms. The van der Waals surface area contributed by atoms with Gasteiger partial charge in [0.05, 0.1) is 5.39 Å². The van der Waals surface area contributed by atoms with E-state index in [1.165, 1.54) is 6.07 Å². The molecule has 1 aromatic carbocycles. The first-order chi connectivity index (χ1) is 6.59. The van der Waals surface area contributed by atoms with Gasteiger partial charge in [-0.3, -0.25) is 0 Å². The summed E-state index contributed by atoms with van der Waals surface area (Å²) in [6.07, 6.45) is 1.90. The van der Waals surface area contributed by atoms with Gasteiger partial charge < -0.3 is 10.2 Å². The second kappa shape index (κ2) is 2.87. The lowest BCUT2D eigenvalue weighted by molar-refractivity contribution is -0.645. The van der Waals surface area contributed by atoms with E-state index in [0.29, 0.717) is 5.52 Å². The van der Waals surface area contributed by atoms with Gasteiger partial charge in [0.25, 0.3) is 5.52 Å². The van der Waals surface area contributed by atoms with Crippen LogP contribution in [-0.2, 0) is 7.05 Å². The predicted octanol–water partition coefficient (Wildman–Crippen LogP) is 1.38. The number of rotatable bonds is 0. The first-order valence-electron chi connectivity index (χ1n) is 4.40. The molecule has 0 radical (unpaired) electrons. The van der Waals surface area contributed by atoms with E-state index in [1.807, 2.05) is 26.2 Å². The maximum atomic E-state index is 9.66. The van der Waals surface area contributed by atoms with Crippen LogP contribution in [-0.4, -0.2) is 10.2 Å². The van der Waals surface area contributed by atoms with Crippen LogP contribution in [0.2, 0.25) is 0 Å². The Morgan fingerprint density at radius 2 is 1.93 bits per heavy atom. The molecule has 2 rings (SSSR count). The van der Waals surface area contributed by atoms with Gasteiger partial charge in [-0.05, 0) is 25.1 Å². The summed E-state index contributed by atoms with van der Waals surface area (Å²) in [5.41, 5.74) is 1.76. The Balaban J connectivity index is 2.95. The van der Waals surface area contributed by atoms with Crippen LogP contribution in [0.3, 0.4) is 0 Å². The number of phenols is 2. The van der Waals surface area contributed by atoms with Crippen molar-refractivity contribution in [3.8, 4) is 11.5 Å². The van der Waals surface area contributed by atoms with Gasteiger partial charge in [-0.2, -0.15) is 4.57 Å². The van der Waals surface area contributed by atoms with Crippen LogP contribution >= 0.6 is 0 Å². The van der Waals surface area contributed by atoms with Gasteiger partial charge in [0.2, 0.25) is 5.75 Å². The molecule has 3 nitrogen and oxygen atoms in total. The van der Waals surface area contributed by atoms with E-state index in [-0.39, 0.29) is 11.5 Å². The number of hydrogen-bond acceptors (Lipinski definition) is 2. The van der Waals surface area contributed by atoms with Crippen molar-refractivity contribution in [2.24, 2.45) is 7.05 Å². The molecule has 0 aliphatic rings. The third kappa shape index (κ3) is 1.18. The van der Waals surface area contributed by atoms with Crippen LogP contribution in [0.1, 0.15) is 5.56 Å². The van der Waals surface area contributed by atoms with Gasteiger partial charge in [0.1, 0.15) is 7.05 Å². The number of hydrogen-bond donors (Lipinski definition) is 2. The zero-order valence-corrected chi connectivity index (χ0v) is 8.15. The summed E-state index contributed by atoms with van der Waals surface area (Å²) in [5, 5.41) is 19.9. The van der Waals surface area contributed by atoms with E-state index < -0.39 is 0 Å². The molecule has 1 aromatic heterocycles. The highest BCUT2D eigenvalue weighted by molar-refractivity contribution is 5.84. The zero-order chi connectivity index (χ0) is 10.3. The number of aryl methyl sites for hydroxylation is 2. The first-order valence-corrected chi connectivity index (χ1v) is 4.40. The average molecular weight is 190 g/mol.